The van der Waals surface area contributed by atoms with Crippen LogP contribution in [0.4, 0.5) is 0 Å². The van der Waals surface area contributed by atoms with E-state index in [0.717, 1.165) is 0 Å². The molecule has 0 aromatic rings. The van der Waals surface area contributed by atoms with Gasteiger partial charge >= 0.3 is 5.97 Å². The standard InChI is InChI=1S/C8H13NO4S/c10-6(1-2-8(12)13)5-9-7(11)3-4-14/h14H,1-5H2,(H,9,11)(H,12,13). The van der Waals surface area contributed by atoms with Crippen molar-refractivity contribution in [1.82, 2.24) is 5.32 Å². The number of rotatable bonds is 7. The fourth-order valence-electron chi connectivity index (χ4n) is 0.722. The molecule has 0 bridgehead atoms. The van der Waals surface area contributed by atoms with E-state index in [1.165, 1.54) is 0 Å². The van der Waals surface area contributed by atoms with Crippen LogP contribution < -0.4 is 5.32 Å². The Kier molecular flexibility index (Phi) is 6.82. The summed E-state index contributed by atoms with van der Waals surface area (Å²) in [5, 5.41) is 10.7. The van der Waals surface area contributed by atoms with Crippen LogP contribution in [0.5, 0.6) is 0 Å². The molecule has 0 heterocycles. The van der Waals surface area contributed by atoms with Gasteiger partial charge in [-0.3, -0.25) is 14.4 Å². The summed E-state index contributed by atoms with van der Waals surface area (Å²) >= 11 is 3.85. The van der Waals surface area contributed by atoms with Crippen molar-refractivity contribution >= 4 is 30.3 Å². The lowest BCUT2D eigenvalue weighted by Gasteiger charge is -2.01. The first-order chi connectivity index (χ1) is 6.56. The van der Waals surface area contributed by atoms with Crippen LogP contribution in [0.2, 0.25) is 0 Å². The number of carboxylic acid groups (broad SMARTS) is 1. The molecule has 5 nitrogen and oxygen atoms in total. The van der Waals surface area contributed by atoms with Crippen LogP contribution in [0.3, 0.4) is 0 Å². The summed E-state index contributed by atoms with van der Waals surface area (Å²) in [6.07, 6.45) is 0.0209. The third kappa shape index (κ3) is 7.60. The summed E-state index contributed by atoms with van der Waals surface area (Å²) in [4.78, 5) is 31.9. The summed E-state index contributed by atoms with van der Waals surface area (Å²) in [6, 6.07) is 0. The van der Waals surface area contributed by atoms with Crippen molar-refractivity contribution in [3.05, 3.63) is 0 Å². The molecule has 0 aliphatic carbocycles. The highest BCUT2D eigenvalue weighted by Crippen LogP contribution is 1.90. The van der Waals surface area contributed by atoms with Gasteiger partial charge in [-0.25, -0.2) is 0 Å². The Morgan fingerprint density at radius 1 is 1.14 bits per heavy atom. The van der Waals surface area contributed by atoms with Gasteiger partial charge in [0.2, 0.25) is 5.91 Å². The van der Waals surface area contributed by atoms with E-state index in [0.29, 0.717) is 5.75 Å². The predicted molar refractivity (Wildman–Crippen MR) is 53.4 cm³/mol. The third-order valence-electron chi connectivity index (χ3n) is 1.44. The van der Waals surface area contributed by atoms with E-state index in [1.54, 1.807) is 0 Å². The maximum Gasteiger partial charge on any atom is 0.303 e. The lowest BCUT2D eigenvalue weighted by atomic mass is 10.2. The Balaban J connectivity index is 3.53. The number of hydrogen-bond acceptors (Lipinski definition) is 4. The smallest absolute Gasteiger partial charge is 0.303 e. The Hall–Kier alpha value is -1.04. The number of carbonyl (C=O) groups excluding carboxylic acids is 2. The minimum absolute atomic E-state index is 0.0452. The third-order valence-corrected chi connectivity index (χ3v) is 1.66. The van der Waals surface area contributed by atoms with Crippen molar-refractivity contribution in [2.24, 2.45) is 0 Å². The number of ketones is 1. The van der Waals surface area contributed by atoms with Gasteiger partial charge in [0.25, 0.3) is 0 Å². The summed E-state index contributed by atoms with van der Waals surface area (Å²) in [5.41, 5.74) is 0. The fourth-order valence-corrected chi connectivity index (χ4v) is 0.925. The van der Waals surface area contributed by atoms with Crippen molar-refractivity contribution in [2.45, 2.75) is 19.3 Å². The SMILES string of the molecule is O=C(O)CCC(=O)CNC(=O)CCS. The molecule has 0 unspecified atom stereocenters. The average molecular weight is 219 g/mol. The van der Waals surface area contributed by atoms with E-state index < -0.39 is 5.97 Å². The minimum Gasteiger partial charge on any atom is -0.481 e. The van der Waals surface area contributed by atoms with E-state index in [-0.39, 0.29) is 37.5 Å². The molecule has 0 fully saturated rings. The largest absolute Gasteiger partial charge is 0.481 e. The highest BCUT2D eigenvalue weighted by Gasteiger charge is 2.06. The van der Waals surface area contributed by atoms with Crippen LogP contribution in [0.1, 0.15) is 19.3 Å². The van der Waals surface area contributed by atoms with E-state index in [1.807, 2.05) is 0 Å². The first-order valence-electron chi connectivity index (χ1n) is 4.17. The molecule has 1 amide bonds. The van der Waals surface area contributed by atoms with Gasteiger partial charge in [0, 0.05) is 12.8 Å². The molecule has 0 rings (SSSR count). The molecule has 80 valence electrons. The minimum atomic E-state index is -1.01. The second-order valence-electron chi connectivity index (χ2n) is 2.68. The lowest BCUT2D eigenvalue weighted by molar-refractivity contribution is -0.138. The Labute approximate surface area is 87.3 Å². The van der Waals surface area contributed by atoms with Gasteiger partial charge in [-0.15, -0.1) is 0 Å². The van der Waals surface area contributed by atoms with Crippen molar-refractivity contribution in [3.63, 3.8) is 0 Å². The number of carbonyl (C=O) groups is 3. The second-order valence-corrected chi connectivity index (χ2v) is 3.13. The molecule has 0 aromatic heterocycles. The monoisotopic (exact) mass is 219 g/mol. The van der Waals surface area contributed by atoms with Gasteiger partial charge in [0.1, 0.15) is 0 Å². The Bertz CT molecular complexity index is 229. The summed E-state index contributed by atoms with van der Waals surface area (Å²) in [5.74, 6) is -1.11. The molecule has 0 radical (unpaired) electrons. The molecular formula is C8H13NO4S. The van der Waals surface area contributed by atoms with Crippen LogP contribution in [0.25, 0.3) is 0 Å². The number of nitrogens with one attached hydrogen (secondary N) is 1. The number of carboxylic acids is 1. The van der Waals surface area contributed by atoms with Gasteiger partial charge in [0.15, 0.2) is 5.78 Å². The lowest BCUT2D eigenvalue weighted by Crippen LogP contribution is -2.29. The number of amides is 1. The highest BCUT2D eigenvalue weighted by atomic mass is 32.1. The van der Waals surface area contributed by atoms with Crippen molar-refractivity contribution in [2.75, 3.05) is 12.3 Å². The summed E-state index contributed by atoms with van der Waals surface area (Å²) < 4.78 is 0. The maximum atomic E-state index is 11.0. The van der Waals surface area contributed by atoms with Crippen molar-refractivity contribution in [3.8, 4) is 0 Å². The molecule has 0 saturated carbocycles. The van der Waals surface area contributed by atoms with Gasteiger partial charge in [-0.1, -0.05) is 0 Å². The fraction of sp³-hybridized carbons (Fsp3) is 0.625. The topological polar surface area (TPSA) is 83.5 Å². The molecule has 0 saturated heterocycles. The van der Waals surface area contributed by atoms with Gasteiger partial charge in [-0.2, -0.15) is 12.6 Å². The van der Waals surface area contributed by atoms with Gasteiger partial charge < -0.3 is 10.4 Å². The number of Topliss-reactive ketones (excluding diaryl/α,β-unsaturated/α-hetero) is 1. The van der Waals surface area contributed by atoms with Crippen LogP contribution in [-0.4, -0.2) is 35.1 Å². The van der Waals surface area contributed by atoms with Crippen molar-refractivity contribution < 1.29 is 19.5 Å². The van der Waals surface area contributed by atoms with Crippen LogP contribution in [0.15, 0.2) is 0 Å². The number of thiol groups is 1. The highest BCUT2D eigenvalue weighted by molar-refractivity contribution is 7.80. The molecule has 2 N–H and O–H groups in total. The zero-order chi connectivity index (χ0) is 11.0. The molecule has 14 heavy (non-hydrogen) atoms. The van der Waals surface area contributed by atoms with Crippen LogP contribution in [0, 0.1) is 0 Å². The Morgan fingerprint density at radius 3 is 2.29 bits per heavy atom. The predicted octanol–water partition coefficient (Wildman–Crippen LogP) is -0.144. The van der Waals surface area contributed by atoms with E-state index in [9.17, 15) is 14.4 Å². The number of hydrogen-bond donors (Lipinski definition) is 3. The van der Waals surface area contributed by atoms with Gasteiger partial charge in [0.05, 0.1) is 13.0 Å². The normalized spacial score (nSPS) is 9.50. The molecule has 0 spiro atoms. The molecule has 0 aliphatic heterocycles. The quantitative estimate of drug-likeness (QED) is 0.520. The summed E-state index contributed by atoms with van der Waals surface area (Å²) in [7, 11) is 0. The van der Waals surface area contributed by atoms with Crippen LogP contribution in [-0.2, 0) is 14.4 Å². The Morgan fingerprint density at radius 2 is 1.79 bits per heavy atom. The average Bonchev–Trinajstić information content (AvgIpc) is 2.12. The molecule has 0 aliphatic rings. The van der Waals surface area contributed by atoms with Crippen LogP contribution >= 0.6 is 12.6 Å². The van der Waals surface area contributed by atoms with E-state index in [4.69, 9.17) is 5.11 Å². The summed E-state index contributed by atoms with van der Waals surface area (Å²) in [6.45, 7) is -0.0973. The van der Waals surface area contributed by atoms with E-state index in [2.05, 4.69) is 17.9 Å². The zero-order valence-electron chi connectivity index (χ0n) is 7.65. The molecular weight excluding hydrogens is 206 g/mol. The number of aliphatic carboxylic acids is 1. The molecule has 0 aromatic carbocycles. The van der Waals surface area contributed by atoms with Gasteiger partial charge in [-0.05, 0) is 5.75 Å². The zero-order valence-corrected chi connectivity index (χ0v) is 8.55. The second kappa shape index (κ2) is 7.37. The molecule has 0 atom stereocenters. The van der Waals surface area contributed by atoms with Crippen molar-refractivity contribution in [1.29, 1.82) is 0 Å². The molecule has 6 heteroatoms. The maximum absolute atomic E-state index is 11.0. The first kappa shape index (κ1) is 13.0. The first-order valence-corrected chi connectivity index (χ1v) is 4.80. The van der Waals surface area contributed by atoms with E-state index >= 15 is 0 Å².